The Morgan fingerprint density at radius 3 is 2.48 bits per heavy atom. The lowest BCUT2D eigenvalue weighted by atomic mass is 10.0. The molecule has 0 aromatic carbocycles. The lowest BCUT2D eigenvalue weighted by molar-refractivity contribution is 0.0705. The fraction of sp³-hybridized carbons (Fsp3) is 0.556. The van der Waals surface area contributed by atoms with Crippen molar-refractivity contribution in [1.29, 1.82) is 0 Å². The van der Waals surface area contributed by atoms with E-state index in [1.54, 1.807) is 17.2 Å². The number of anilines is 1. The summed E-state index contributed by atoms with van der Waals surface area (Å²) in [6, 6.07) is 4.90. The average molecular weight is 340 g/mol. The molecule has 0 spiro atoms. The molecular formula is C18H24N6O. The first kappa shape index (κ1) is 16.1. The summed E-state index contributed by atoms with van der Waals surface area (Å²) in [5.74, 6) is 1.06. The Morgan fingerprint density at radius 1 is 1.20 bits per heavy atom. The van der Waals surface area contributed by atoms with Gasteiger partial charge in [0.25, 0.3) is 5.91 Å². The third kappa shape index (κ3) is 3.23. The van der Waals surface area contributed by atoms with Crippen molar-refractivity contribution in [2.45, 2.75) is 44.7 Å². The molecule has 1 aliphatic heterocycles. The van der Waals surface area contributed by atoms with E-state index in [0.717, 1.165) is 37.4 Å². The van der Waals surface area contributed by atoms with Gasteiger partial charge in [0, 0.05) is 44.1 Å². The van der Waals surface area contributed by atoms with Crippen molar-refractivity contribution in [3.8, 4) is 0 Å². The molecule has 2 aliphatic rings. The summed E-state index contributed by atoms with van der Waals surface area (Å²) >= 11 is 0. The number of amides is 1. The number of likely N-dealkylation sites (tertiary alicyclic amines) is 1. The zero-order valence-corrected chi connectivity index (χ0v) is 14.8. The van der Waals surface area contributed by atoms with Gasteiger partial charge in [-0.15, -0.1) is 0 Å². The highest BCUT2D eigenvalue weighted by atomic mass is 16.2. The van der Waals surface area contributed by atoms with Gasteiger partial charge in [0.2, 0.25) is 0 Å². The van der Waals surface area contributed by atoms with Crippen LogP contribution in [-0.4, -0.2) is 55.7 Å². The van der Waals surface area contributed by atoms with Gasteiger partial charge in [0.1, 0.15) is 12.1 Å². The van der Waals surface area contributed by atoms with Crippen molar-refractivity contribution in [2.75, 3.05) is 18.0 Å². The van der Waals surface area contributed by atoms with Crippen LogP contribution in [0.5, 0.6) is 0 Å². The molecular weight excluding hydrogens is 316 g/mol. The van der Waals surface area contributed by atoms with Crippen LogP contribution in [-0.2, 0) is 7.05 Å². The molecule has 2 fully saturated rings. The fourth-order valence-electron chi connectivity index (χ4n) is 3.64. The molecule has 4 rings (SSSR count). The highest BCUT2D eigenvalue weighted by Crippen LogP contribution is 2.35. The molecule has 1 saturated carbocycles. The van der Waals surface area contributed by atoms with Crippen LogP contribution in [0.2, 0.25) is 0 Å². The highest BCUT2D eigenvalue weighted by Gasteiger charge is 2.37. The minimum absolute atomic E-state index is 0.0437. The Kier molecular flexibility index (Phi) is 4.15. The van der Waals surface area contributed by atoms with E-state index in [1.165, 1.54) is 12.8 Å². The van der Waals surface area contributed by atoms with Crippen molar-refractivity contribution in [1.82, 2.24) is 24.6 Å². The number of rotatable bonds is 4. The van der Waals surface area contributed by atoms with Gasteiger partial charge in [-0.1, -0.05) is 0 Å². The minimum Gasteiger partial charge on any atom is -0.350 e. The predicted octanol–water partition coefficient (Wildman–Crippen LogP) is 1.79. The topological polar surface area (TPSA) is 67.2 Å². The van der Waals surface area contributed by atoms with Crippen molar-refractivity contribution in [2.24, 2.45) is 7.05 Å². The van der Waals surface area contributed by atoms with Gasteiger partial charge in [-0.05, 0) is 44.7 Å². The first-order chi connectivity index (χ1) is 12.1. The molecule has 0 N–H and O–H groups in total. The molecule has 2 aromatic heterocycles. The number of nitrogens with zero attached hydrogens (tertiary/aromatic N) is 6. The zero-order chi connectivity index (χ0) is 17.4. The largest absolute Gasteiger partial charge is 0.350 e. The minimum atomic E-state index is 0.0437. The average Bonchev–Trinajstić information content (AvgIpc) is 3.41. The number of carbonyl (C=O) groups excluding carboxylic acids is 1. The van der Waals surface area contributed by atoms with Gasteiger partial charge >= 0.3 is 0 Å². The lowest BCUT2D eigenvalue weighted by Crippen LogP contribution is -2.48. The maximum atomic E-state index is 12.7. The summed E-state index contributed by atoms with van der Waals surface area (Å²) in [5.41, 5.74) is 1.55. The molecule has 1 aliphatic carbocycles. The van der Waals surface area contributed by atoms with E-state index in [-0.39, 0.29) is 5.91 Å². The van der Waals surface area contributed by atoms with E-state index >= 15 is 0 Å². The maximum absolute atomic E-state index is 12.7. The van der Waals surface area contributed by atoms with Crippen molar-refractivity contribution >= 4 is 11.7 Å². The van der Waals surface area contributed by atoms with Gasteiger partial charge in [-0.2, -0.15) is 5.10 Å². The molecule has 0 bridgehead atoms. The van der Waals surface area contributed by atoms with Crippen molar-refractivity contribution < 1.29 is 4.79 Å². The second-order valence-corrected chi connectivity index (χ2v) is 7.02. The standard InChI is InChI=1S/C18H24N6O/c1-13-11-16(21-22(13)2)18(25)23-9-6-15(7-10-23)24(14-3-4-14)17-5-8-19-12-20-17/h5,8,11-12,14-15H,3-4,6-7,9-10H2,1-2H3. The normalized spacial score (nSPS) is 18.4. The van der Waals surface area contributed by atoms with Gasteiger partial charge in [-0.3, -0.25) is 9.48 Å². The molecule has 7 heteroatoms. The Hall–Kier alpha value is -2.44. The van der Waals surface area contributed by atoms with Crippen LogP contribution < -0.4 is 4.90 Å². The van der Waals surface area contributed by atoms with Crippen LogP contribution in [0.1, 0.15) is 41.9 Å². The number of aromatic nitrogens is 4. The van der Waals surface area contributed by atoms with Gasteiger partial charge in [-0.25, -0.2) is 9.97 Å². The van der Waals surface area contributed by atoms with Crippen LogP contribution in [0.3, 0.4) is 0 Å². The molecule has 0 atom stereocenters. The van der Waals surface area contributed by atoms with Crippen LogP contribution >= 0.6 is 0 Å². The number of hydrogen-bond donors (Lipinski definition) is 0. The summed E-state index contributed by atoms with van der Waals surface area (Å²) < 4.78 is 1.75. The first-order valence-electron chi connectivity index (χ1n) is 8.98. The summed E-state index contributed by atoms with van der Waals surface area (Å²) in [7, 11) is 1.87. The van der Waals surface area contributed by atoms with E-state index in [0.29, 0.717) is 17.8 Å². The van der Waals surface area contributed by atoms with Crippen molar-refractivity contribution in [3.05, 3.63) is 36.0 Å². The van der Waals surface area contributed by atoms with Crippen LogP contribution in [0.4, 0.5) is 5.82 Å². The smallest absolute Gasteiger partial charge is 0.274 e. The van der Waals surface area contributed by atoms with E-state index in [1.807, 2.05) is 31.0 Å². The number of hydrogen-bond acceptors (Lipinski definition) is 5. The quantitative estimate of drug-likeness (QED) is 0.849. The van der Waals surface area contributed by atoms with E-state index < -0.39 is 0 Å². The number of carbonyl (C=O) groups is 1. The van der Waals surface area contributed by atoms with E-state index in [9.17, 15) is 4.79 Å². The predicted molar refractivity (Wildman–Crippen MR) is 94.4 cm³/mol. The van der Waals surface area contributed by atoms with E-state index in [4.69, 9.17) is 0 Å². The monoisotopic (exact) mass is 340 g/mol. The van der Waals surface area contributed by atoms with E-state index in [2.05, 4.69) is 20.0 Å². The second kappa shape index (κ2) is 6.46. The Balaban J connectivity index is 1.43. The van der Waals surface area contributed by atoms with Crippen LogP contribution in [0.15, 0.2) is 24.7 Å². The number of aryl methyl sites for hydroxylation is 2. The molecule has 0 unspecified atom stereocenters. The Morgan fingerprint density at radius 2 is 1.92 bits per heavy atom. The van der Waals surface area contributed by atoms with Crippen molar-refractivity contribution in [3.63, 3.8) is 0 Å². The molecule has 25 heavy (non-hydrogen) atoms. The molecule has 132 valence electrons. The summed E-state index contributed by atoms with van der Waals surface area (Å²) in [6.45, 7) is 3.51. The summed E-state index contributed by atoms with van der Waals surface area (Å²) in [4.78, 5) is 25.5. The molecule has 0 radical (unpaired) electrons. The third-order valence-electron chi connectivity index (χ3n) is 5.25. The Bertz CT molecular complexity index is 727. The summed E-state index contributed by atoms with van der Waals surface area (Å²) in [6.07, 6.45) is 7.83. The lowest BCUT2D eigenvalue weighted by Gasteiger charge is -2.39. The molecule has 2 aromatic rings. The van der Waals surface area contributed by atoms with Crippen LogP contribution in [0.25, 0.3) is 0 Å². The number of piperidine rings is 1. The van der Waals surface area contributed by atoms with Gasteiger partial charge in [0.05, 0.1) is 0 Å². The highest BCUT2D eigenvalue weighted by molar-refractivity contribution is 5.92. The first-order valence-corrected chi connectivity index (χ1v) is 8.98. The molecule has 3 heterocycles. The SMILES string of the molecule is Cc1cc(C(=O)N2CCC(N(c3ccncn3)C3CC3)CC2)nn1C. The van der Waals surface area contributed by atoms with Crippen LogP contribution in [0, 0.1) is 6.92 Å². The van der Waals surface area contributed by atoms with Gasteiger partial charge in [0.15, 0.2) is 5.69 Å². The summed E-state index contributed by atoms with van der Waals surface area (Å²) in [5, 5.41) is 4.32. The molecule has 1 saturated heterocycles. The third-order valence-corrected chi connectivity index (χ3v) is 5.25. The molecule has 7 nitrogen and oxygen atoms in total. The molecule has 1 amide bonds. The Labute approximate surface area is 147 Å². The second-order valence-electron chi connectivity index (χ2n) is 7.02. The van der Waals surface area contributed by atoms with Gasteiger partial charge < -0.3 is 9.80 Å². The maximum Gasteiger partial charge on any atom is 0.274 e. The zero-order valence-electron chi connectivity index (χ0n) is 14.8. The fourth-order valence-corrected chi connectivity index (χ4v) is 3.64.